The molecule has 0 rings (SSSR count). The molecule has 0 spiro atoms. The van der Waals surface area contributed by atoms with Gasteiger partial charge in [-0.2, -0.15) is 0 Å². The van der Waals surface area contributed by atoms with Gasteiger partial charge >= 0.3 is 19.8 Å². The highest BCUT2D eigenvalue weighted by Crippen LogP contribution is 2.43. The number of rotatable bonds is 42. The van der Waals surface area contributed by atoms with Crippen LogP contribution in [0.25, 0.3) is 0 Å². The van der Waals surface area contributed by atoms with Crippen LogP contribution in [0.1, 0.15) is 207 Å². The molecule has 0 fully saturated rings. The molecule has 0 heterocycles. The number of carbonyl (C=O) groups excluding carboxylic acids is 2. The van der Waals surface area contributed by atoms with Crippen LogP contribution < -0.4 is 0 Å². The Kier molecular flexibility index (Phi) is 41.6. The van der Waals surface area contributed by atoms with Crippen LogP contribution >= 0.6 is 7.82 Å². The van der Waals surface area contributed by atoms with Crippen molar-refractivity contribution in [1.29, 1.82) is 0 Å². The van der Waals surface area contributed by atoms with Gasteiger partial charge < -0.3 is 14.4 Å². The highest BCUT2D eigenvalue weighted by molar-refractivity contribution is 7.47. The van der Waals surface area contributed by atoms with Crippen LogP contribution in [0.5, 0.6) is 0 Å². The van der Waals surface area contributed by atoms with Crippen LogP contribution in [0.15, 0.2) is 60.8 Å². The van der Waals surface area contributed by atoms with Gasteiger partial charge in [-0.05, 0) is 90.4 Å². The molecule has 1 N–H and O–H groups in total. The lowest BCUT2D eigenvalue weighted by Crippen LogP contribution is -2.29. The van der Waals surface area contributed by atoms with Crippen molar-refractivity contribution in [1.82, 2.24) is 0 Å². The zero-order valence-electron chi connectivity index (χ0n) is 36.7. The summed E-state index contributed by atoms with van der Waals surface area (Å²) in [5, 5.41) is 0. The number of allylic oxidation sites excluding steroid dienone is 10. The smallest absolute Gasteiger partial charge is 0.462 e. The predicted molar refractivity (Wildman–Crippen MR) is 239 cm³/mol. The molecule has 330 valence electrons. The second kappa shape index (κ2) is 43.3. The maximum Gasteiger partial charge on any atom is 0.472 e. The van der Waals surface area contributed by atoms with Gasteiger partial charge in [-0.15, -0.1) is 0 Å². The summed E-state index contributed by atoms with van der Waals surface area (Å²) in [5.74, 6) is -0.822. The molecule has 0 aromatic rings. The van der Waals surface area contributed by atoms with Crippen LogP contribution in [0.3, 0.4) is 0 Å². The van der Waals surface area contributed by atoms with E-state index in [4.69, 9.17) is 18.5 Å². The fourth-order valence-electron chi connectivity index (χ4n) is 6.14. The molecule has 0 radical (unpaired) electrons. The average Bonchev–Trinajstić information content (AvgIpc) is 3.19. The first-order valence-corrected chi connectivity index (χ1v) is 24.6. The summed E-state index contributed by atoms with van der Waals surface area (Å²) >= 11 is 0. The van der Waals surface area contributed by atoms with Crippen LogP contribution in [0.2, 0.25) is 0 Å². The number of phosphoric acid groups is 1. The zero-order chi connectivity index (χ0) is 41.8. The van der Waals surface area contributed by atoms with E-state index in [2.05, 4.69) is 74.6 Å². The Hall–Kier alpha value is -2.25. The first-order chi connectivity index (χ1) is 27.8. The topological polar surface area (TPSA) is 108 Å². The van der Waals surface area contributed by atoms with Gasteiger partial charge in [-0.25, -0.2) is 4.57 Å². The lowest BCUT2D eigenvalue weighted by Gasteiger charge is -2.19. The Bertz CT molecular complexity index is 1110. The third-order valence-electron chi connectivity index (χ3n) is 9.55. The van der Waals surface area contributed by atoms with Crippen LogP contribution in [-0.4, -0.2) is 42.8 Å². The molecule has 0 bridgehead atoms. The minimum atomic E-state index is -4.29. The van der Waals surface area contributed by atoms with Crippen molar-refractivity contribution in [2.24, 2.45) is 0 Å². The number of ether oxygens (including phenoxy) is 2. The van der Waals surface area contributed by atoms with Crippen molar-refractivity contribution < 1.29 is 37.6 Å². The normalized spacial score (nSPS) is 13.8. The van der Waals surface area contributed by atoms with Gasteiger partial charge in [0.05, 0.1) is 13.2 Å². The average molecular weight is 821 g/mol. The third-order valence-corrected chi connectivity index (χ3v) is 10.6. The number of esters is 2. The van der Waals surface area contributed by atoms with Gasteiger partial charge in [0.25, 0.3) is 0 Å². The summed E-state index contributed by atoms with van der Waals surface area (Å²) in [6, 6.07) is 0. The lowest BCUT2D eigenvalue weighted by atomic mass is 10.1. The van der Waals surface area contributed by atoms with Crippen molar-refractivity contribution in [3.63, 3.8) is 0 Å². The molecule has 0 amide bonds. The third kappa shape index (κ3) is 43.2. The van der Waals surface area contributed by atoms with Crippen molar-refractivity contribution in [2.45, 2.75) is 213 Å². The first-order valence-electron chi connectivity index (χ1n) is 23.1. The van der Waals surface area contributed by atoms with E-state index < -0.39 is 26.5 Å². The minimum Gasteiger partial charge on any atom is -0.462 e. The van der Waals surface area contributed by atoms with E-state index in [1.807, 2.05) is 0 Å². The maximum absolute atomic E-state index is 12.6. The molecule has 57 heavy (non-hydrogen) atoms. The fraction of sp³-hybridized carbons (Fsp3) is 0.750. The van der Waals surface area contributed by atoms with Gasteiger partial charge in [-0.3, -0.25) is 18.6 Å². The van der Waals surface area contributed by atoms with E-state index in [9.17, 15) is 19.0 Å². The molecular weight excluding hydrogens is 735 g/mol. The zero-order valence-corrected chi connectivity index (χ0v) is 37.6. The number of unbranched alkanes of at least 4 members (excludes halogenated alkanes) is 20. The fourth-order valence-corrected chi connectivity index (χ4v) is 6.89. The summed E-state index contributed by atoms with van der Waals surface area (Å²) in [7, 11) is -4.29. The Morgan fingerprint density at radius 2 is 0.842 bits per heavy atom. The molecule has 2 atom stereocenters. The van der Waals surface area contributed by atoms with E-state index in [-0.39, 0.29) is 32.0 Å². The summed E-state index contributed by atoms with van der Waals surface area (Å²) in [6.07, 6.45) is 52.7. The molecule has 0 aromatic heterocycles. The summed E-state index contributed by atoms with van der Waals surface area (Å²) in [4.78, 5) is 34.8. The molecule has 0 aromatic carbocycles. The van der Waals surface area contributed by atoms with Gasteiger partial charge in [0.2, 0.25) is 0 Å². The molecule has 0 aliphatic carbocycles. The molecule has 8 nitrogen and oxygen atoms in total. The van der Waals surface area contributed by atoms with E-state index in [0.717, 1.165) is 89.9 Å². The number of phosphoric ester groups is 1. The number of carbonyl (C=O) groups is 2. The monoisotopic (exact) mass is 821 g/mol. The highest BCUT2D eigenvalue weighted by atomic mass is 31.2. The molecule has 0 saturated carbocycles. The van der Waals surface area contributed by atoms with Crippen LogP contribution in [-0.2, 0) is 32.7 Å². The van der Waals surface area contributed by atoms with E-state index in [1.54, 1.807) is 6.92 Å². The number of hydrogen-bond donors (Lipinski definition) is 1. The molecule has 2 unspecified atom stereocenters. The molecule has 0 aliphatic heterocycles. The second-order valence-corrected chi connectivity index (χ2v) is 16.5. The van der Waals surface area contributed by atoms with Gasteiger partial charge in [0.15, 0.2) is 6.10 Å². The van der Waals surface area contributed by atoms with Crippen molar-refractivity contribution in [3.8, 4) is 0 Å². The summed E-state index contributed by atoms with van der Waals surface area (Å²) in [5.41, 5.74) is 0. The quantitative estimate of drug-likeness (QED) is 0.0281. The van der Waals surface area contributed by atoms with Gasteiger partial charge in [0.1, 0.15) is 6.61 Å². The van der Waals surface area contributed by atoms with E-state index >= 15 is 0 Å². The van der Waals surface area contributed by atoms with Gasteiger partial charge in [0, 0.05) is 12.8 Å². The Labute approximate surface area is 350 Å². The van der Waals surface area contributed by atoms with Crippen molar-refractivity contribution in [2.75, 3.05) is 19.8 Å². The van der Waals surface area contributed by atoms with E-state index in [1.165, 1.54) is 77.0 Å². The Balaban J connectivity index is 4.10. The molecular formula is C48H85O8P. The second-order valence-electron chi connectivity index (χ2n) is 15.1. The molecule has 0 aliphatic rings. The molecule has 9 heteroatoms. The summed E-state index contributed by atoms with van der Waals surface area (Å²) in [6.45, 7) is 5.41. The summed E-state index contributed by atoms with van der Waals surface area (Å²) < 4.78 is 32.7. The predicted octanol–water partition coefficient (Wildman–Crippen LogP) is 14.7. The Morgan fingerprint density at radius 1 is 0.474 bits per heavy atom. The standard InChI is InChI=1S/C48H85O8P/c1-4-7-9-11-13-15-17-19-21-23-25-27-29-31-33-35-37-39-41-43-48(50)56-46(45-55-57(51,52)54-6-3)44-53-47(49)42-40-38-36-34-32-30-28-26-24-22-20-18-16-14-12-10-8-5-2/h13,15-16,18-19,21-22,24-25,27,46H,4-12,14,17,20,23,26,28-45H2,1-3H3,(H,51,52)/b15-13-,18-16-,21-19-,24-22-,27-25-. The first kappa shape index (κ1) is 54.8. The molecule has 0 saturated heterocycles. The Morgan fingerprint density at radius 3 is 1.30 bits per heavy atom. The van der Waals surface area contributed by atoms with Crippen molar-refractivity contribution in [3.05, 3.63) is 60.8 Å². The SMILES string of the molecule is CCCCC/C=C\C/C=C\C/C=C\CCCCCCCCC(=O)OC(COC(=O)CCCCCCCCC/C=C\C/C=C\CCCCCC)COP(=O)(O)OCC. The number of hydrogen-bond acceptors (Lipinski definition) is 7. The lowest BCUT2D eigenvalue weighted by molar-refractivity contribution is -0.161. The van der Waals surface area contributed by atoms with Crippen molar-refractivity contribution >= 4 is 19.8 Å². The van der Waals surface area contributed by atoms with Crippen LogP contribution in [0.4, 0.5) is 0 Å². The minimum absolute atomic E-state index is 0.00611. The van der Waals surface area contributed by atoms with Gasteiger partial charge in [-0.1, -0.05) is 164 Å². The van der Waals surface area contributed by atoms with Crippen LogP contribution in [0, 0.1) is 0 Å². The maximum atomic E-state index is 12.6. The van der Waals surface area contributed by atoms with E-state index in [0.29, 0.717) is 6.42 Å². The largest absolute Gasteiger partial charge is 0.472 e. The highest BCUT2D eigenvalue weighted by Gasteiger charge is 2.25.